The second kappa shape index (κ2) is 12.4. The van der Waals surface area contributed by atoms with E-state index in [1.807, 2.05) is 38.1 Å². The van der Waals surface area contributed by atoms with Gasteiger partial charge in [0.2, 0.25) is 11.8 Å². The lowest BCUT2D eigenvalue weighted by Gasteiger charge is -2.04. The van der Waals surface area contributed by atoms with Gasteiger partial charge in [-0.1, -0.05) is 19.3 Å². The maximum atomic E-state index is 11.7. The van der Waals surface area contributed by atoms with Crippen LogP contribution >= 0.6 is 0 Å². The van der Waals surface area contributed by atoms with Gasteiger partial charge in [0.1, 0.15) is 23.0 Å². The molecular weight excluding hydrogens is 368 g/mol. The quantitative estimate of drug-likeness (QED) is 0.410. The Kier molecular flexibility index (Phi) is 9.55. The largest absolute Gasteiger partial charge is 0.462 e. The molecule has 2 aromatic heterocycles. The number of nitrogens with one attached hydrogen (secondary N) is 2. The van der Waals surface area contributed by atoms with Gasteiger partial charge in [-0.3, -0.25) is 9.59 Å². The van der Waals surface area contributed by atoms with Crippen LogP contribution < -0.4 is 10.6 Å². The molecule has 2 heterocycles. The smallest absolute Gasteiger partial charge is 0.244 e. The molecule has 2 aromatic rings. The molecule has 0 bridgehead atoms. The fraction of sp³-hybridized carbons (Fsp3) is 0.391. The van der Waals surface area contributed by atoms with Crippen LogP contribution in [0.2, 0.25) is 0 Å². The summed E-state index contributed by atoms with van der Waals surface area (Å²) in [5, 5.41) is 5.73. The Balaban J connectivity index is 1.43. The van der Waals surface area contributed by atoms with Gasteiger partial charge >= 0.3 is 0 Å². The minimum absolute atomic E-state index is 0.112. The molecule has 2 N–H and O–H groups in total. The molecule has 156 valence electrons. The number of carbonyl (C=O) groups is 2. The molecule has 2 amide bonds. The maximum absolute atomic E-state index is 11.7. The third kappa shape index (κ3) is 9.65. The highest BCUT2D eigenvalue weighted by atomic mass is 16.3. The third-order valence-electron chi connectivity index (χ3n) is 4.27. The van der Waals surface area contributed by atoms with Crippen molar-refractivity contribution < 1.29 is 18.4 Å². The van der Waals surface area contributed by atoms with Gasteiger partial charge in [-0.15, -0.1) is 0 Å². The van der Waals surface area contributed by atoms with Crippen LogP contribution in [0.1, 0.15) is 55.1 Å². The van der Waals surface area contributed by atoms with Crippen molar-refractivity contribution in [3.8, 4) is 0 Å². The fourth-order valence-corrected chi connectivity index (χ4v) is 2.72. The Morgan fingerprint density at radius 1 is 0.724 bits per heavy atom. The van der Waals surface area contributed by atoms with Crippen LogP contribution in [-0.2, 0) is 9.59 Å². The minimum atomic E-state index is -0.112. The van der Waals surface area contributed by atoms with E-state index in [4.69, 9.17) is 8.83 Å². The summed E-state index contributed by atoms with van der Waals surface area (Å²) >= 11 is 0. The Bertz CT molecular complexity index is 761. The molecule has 0 spiro atoms. The van der Waals surface area contributed by atoms with E-state index in [0.29, 0.717) is 24.6 Å². The van der Waals surface area contributed by atoms with E-state index in [2.05, 4.69) is 10.6 Å². The number of furan rings is 2. The van der Waals surface area contributed by atoms with Crippen molar-refractivity contribution in [3.05, 3.63) is 59.5 Å². The summed E-state index contributed by atoms with van der Waals surface area (Å²) in [6.07, 6.45) is 11.4. The predicted molar refractivity (Wildman–Crippen MR) is 114 cm³/mol. The first kappa shape index (κ1) is 22.3. The van der Waals surface area contributed by atoms with Gasteiger partial charge in [0, 0.05) is 25.2 Å². The molecule has 0 aliphatic rings. The van der Waals surface area contributed by atoms with Crippen LogP contribution in [0, 0.1) is 13.8 Å². The molecule has 0 atom stereocenters. The first-order chi connectivity index (χ1) is 14.0. The van der Waals surface area contributed by atoms with E-state index < -0.39 is 0 Å². The van der Waals surface area contributed by atoms with Crippen LogP contribution in [0.5, 0.6) is 0 Å². The molecule has 0 radical (unpaired) electrons. The van der Waals surface area contributed by atoms with Crippen molar-refractivity contribution in [1.82, 2.24) is 10.6 Å². The Morgan fingerprint density at radius 2 is 1.14 bits per heavy atom. The number of rotatable bonds is 12. The standard InChI is InChI=1S/C23H30N2O4/c1-18-8-10-20(28-18)12-14-22(26)24-16-6-4-3-5-7-17-25-23(27)15-13-21-11-9-19(2)29-21/h8-15H,3-7,16-17H2,1-2H3,(H,24,26)(H,25,27). The number of hydrogen-bond acceptors (Lipinski definition) is 4. The van der Waals surface area contributed by atoms with Gasteiger partial charge < -0.3 is 19.5 Å². The number of hydrogen-bond donors (Lipinski definition) is 2. The molecule has 0 aliphatic heterocycles. The molecule has 0 saturated carbocycles. The summed E-state index contributed by atoms with van der Waals surface area (Å²) in [5.41, 5.74) is 0. The summed E-state index contributed by atoms with van der Waals surface area (Å²) in [5.74, 6) is 2.78. The van der Waals surface area contributed by atoms with Gasteiger partial charge in [-0.2, -0.15) is 0 Å². The monoisotopic (exact) mass is 398 g/mol. The zero-order valence-corrected chi connectivity index (χ0v) is 17.2. The normalized spacial score (nSPS) is 11.4. The van der Waals surface area contributed by atoms with Crippen LogP contribution in [0.25, 0.3) is 12.2 Å². The molecule has 0 fully saturated rings. The van der Waals surface area contributed by atoms with Gasteiger partial charge in [-0.25, -0.2) is 0 Å². The van der Waals surface area contributed by atoms with E-state index in [9.17, 15) is 9.59 Å². The van der Waals surface area contributed by atoms with Crippen LogP contribution in [0.4, 0.5) is 0 Å². The molecular formula is C23H30N2O4. The average molecular weight is 399 g/mol. The van der Waals surface area contributed by atoms with Crippen molar-refractivity contribution in [3.63, 3.8) is 0 Å². The highest BCUT2D eigenvalue weighted by Crippen LogP contribution is 2.08. The fourth-order valence-electron chi connectivity index (χ4n) is 2.72. The van der Waals surface area contributed by atoms with Crippen molar-refractivity contribution in [2.24, 2.45) is 0 Å². The number of aryl methyl sites for hydroxylation is 2. The predicted octanol–water partition coefficient (Wildman–Crippen LogP) is 4.40. The molecule has 0 saturated heterocycles. The minimum Gasteiger partial charge on any atom is -0.462 e. The van der Waals surface area contributed by atoms with E-state index in [-0.39, 0.29) is 11.8 Å². The van der Waals surface area contributed by atoms with Gasteiger partial charge in [0.05, 0.1) is 0 Å². The summed E-state index contributed by atoms with van der Waals surface area (Å²) in [6, 6.07) is 7.39. The van der Waals surface area contributed by atoms with E-state index in [1.165, 1.54) is 12.2 Å². The summed E-state index contributed by atoms with van der Waals surface area (Å²) in [4.78, 5) is 23.4. The number of carbonyl (C=O) groups excluding carboxylic acids is 2. The summed E-state index contributed by atoms with van der Waals surface area (Å²) < 4.78 is 10.7. The topological polar surface area (TPSA) is 84.5 Å². The molecule has 6 heteroatoms. The van der Waals surface area contributed by atoms with Crippen LogP contribution in [-0.4, -0.2) is 24.9 Å². The van der Waals surface area contributed by atoms with Gasteiger partial charge in [-0.05, 0) is 63.1 Å². The number of unbranched alkanes of at least 4 members (excludes halogenated alkanes) is 4. The lowest BCUT2D eigenvalue weighted by molar-refractivity contribution is -0.117. The first-order valence-corrected chi connectivity index (χ1v) is 10.1. The first-order valence-electron chi connectivity index (χ1n) is 10.1. The second-order valence-electron chi connectivity index (χ2n) is 6.91. The van der Waals surface area contributed by atoms with Crippen molar-refractivity contribution in [2.45, 2.75) is 46.0 Å². The van der Waals surface area contributed by atoms with Gasteiger partial charge in [0.25, 0.3) is 0 Å². The van der Waals surface area contributed by atoms with Crippen molar-refractivity contribution >= 4 is 24.0 Å². The lowest BCUT2D eigenvalue weighted by Crippen LogP contribution is -2.22. The van der Waals surface area contributed by atoms with Crippen molar-refractivity contribution in [1.29, 1.82) is 0 Å². The Hall–Kier alpha value is -3.02. The molecule has 0 aromatic carbocycles. The maximum Gasteiger partial charge on any atom is 0.244 e. The van der Waals surface area contributed by atoms with Crippen molar-refractivity contribution in [2.75, 3.05) is 13.1 Å². The zero-order chi connectivity index (χ0) is 20.9. The second-order valence-corrected chi connectivity index (χ2v) is 6.91. The summed E-state index contributed by atoms with van der Waals surface area (Å²) in [6.45, 7) is 5.06. The highest BCUT2D eigenvalue weighted by Gasteiger charge is 1.99. The molecule has 0 aliphatic carbocycles. The average Bonchev–Trinajstić information content (AvgIpc) is 3.31. The summed E-state index contributed by atoms with van der Waals surface area (Å²) in [7, 11) is 0. The van der Waals surface area contributed by atoms with E-state index in [0.717, 1.165) is 43.6 Å². The molecule has 0 unspecified atom stereocenters. The highest BCUT2D eigenvalue weighted by molar-refractivity contribution is 5.91. The molecule has 6 nitrogen and oxygen atoms in total. The Morgan fingerprint density at radius 3 is 1.52 bits per heavy atom. The van der Waals surface area contributed by atoms with E-state index >= 15 is 0 Å². The molecule has 29 heavy (non-hydrogen) atoms. The van der Waals surface area contributed by atoms with Gasteiger partial charge in [0.15, 0.2) is 0 Å². The van der Waals surface area contributed by atoms with E-state index in [1.54, 1.807) is 12.2 Å². The van der Waals surface area contributed by atoms with Crippen LogP contribution in [0.15, 0.2) is 45.3 Å². The molecule has 2 rings (SSSR count). The zero-order valence-electron chi connectivity index (χ0n) is 17.2. The number of amides is 2. The Labute approximate surface area is 172 Å². The third-order valence-corrected chi connectivity index (χ3v) is 4.27. The van der Waals surface area contributed by atoms with Crippen LogP contribution in [0.3, 0.4) is 0 Å². The SMILES string of the molecule is Cc1ccc(C=CC(=O)NCCCCCCCNC(=O)C=Cc2ccc(C)o2)o1. The lowest BCUT2D eigenvalue weighted by atomic mass is 10.1.